The van der Waals surface area contributed by atoms with E-state index in [9.17, 15) is 13.2 Å². The molecule has 2 N–H and O–H groups in total. The summed E-state index contributed by atoms with van der Waals surface area (Å²) in [5.74, 6) is -0.0774. The fourth-order valence-electron chi connectivity index (χ4n) is 3.03. The zero-order chi connectivity index (χ0) is 18.8. The van der Waals surface area contributed by atoms with E-state index in [-0.39, 0.29) is 30.3 Å². The quantitative estimate of drug-likeness (QED) is 0.814. The number of nitrogens with two attached hydrogens (primary N) is 1. The molecular weight excluding hydrogens is 374 g/mol. The van der Waals surface area contributed by atoms with Gasteiger partial charge in [0.2, 0.25) is 15.9 Å². The monoisotopic (exact) mass is 403 g/mol. The highest BCUT2D eigenvalue weighted by Gasteiger charge is 2.33. The zero-order valence-corrected chi connectivity index (χ0v) is 17.6. The van der Waals surface area contributed by atoms with Crippen molar-refractivity contribution < 1.29 is 13.2 Å². The van der Waals surface area contributed by atoms with Crippen molar-refractivity contribution in [2.45, 2.75) is 44.6 Å². The fourth-order valence-corrected chi connectivity index (χ4v) is 4.59. The van der Waals surface area contributed by atoms with Gasteiger partial charge in [0.15, 0.2) is 0 Å². The Bertz CT molecular complexity index is 731. The lowest BCUT2D eigenvalue weighted by Gasteiger charge is -2.34. The number of sulfonamides is 1. The second-order valence-electron chi connectivity index (χ2n) is 6.96. The molecular formula is C18H30ClN3O3S. The summed E-state index contributed by atoms with van der Waals surface area (Å²) in [6, 6.07) is 5.20. The van der Waals surface area contributed by atoms with Gasteiger partial charge in [-0.3, -0.25) is 4.79 Å². The van der Waals surface area contributed by atoms with Crippen LogP contribution in [-0.4, -0.2) is 56.3 Å². The van der Waals surface area contributed by atoms with Gasteiger partial charge in [-0.15, -0.1) is 12.4 Å². The Morgan fingerprint density at radius 2 is 1.85 bits per heavy atom. The standard InChI is InChI=1S/C18H29N3O3S.ClH/c1-13-5-6-17(11-14(13)2)25(23,24)21-9-7-16(8-10-21)18(22)20(4)15(3)12-19;/h5-6,11,15-16H,7-10,12,19H2,1-4H3;1H. The van der Waals surface area contributed by atoms with Crippen LogP contribution in [0.1, 0.15) is 30.9 Å². The first-order valence-electron chi connectivity index (χ1n) is 8.72. The van der Waals surface area contributed by atoms with Gasteiger partial charge in [0.1, 0.15) is 0 Å². The third-order valence-electron chi connectivity index (χ3n) is 5.27. The highest BCUT2D eigenvalue weighted by atomic mass is 35.5. The number of likely N-dealkylation sites (N-methyl/N-ethyl adjacent to an activating group) is 1. The van der Waals surface area contributed by atoms with E-state index < -0.39 is 10.0 Å². The van der Waals surface area contributed by atoms with Crippen LogP contribution in [0.15, 0.2) is 23.1 Å². The highest BCUT2D eigenvalue weighted by Crippen LogP contribution is 2.26. The molecule has 1 fully saturated rings. The van der Waals surface area contributed by atoms with E-state index in [1.165, 1.54) is 4.31 Å². The Kier molecular flexibility index (Phi) is 8.07. The Labute approximate surface area is 163 Å². The molecule has 1 saturated heterocycles. The van der Waals surface area contributed by atoms with Crippen molar-refractivity contribution in [2.24, 2.45) is 11.7 Å². The number of carbonyl (C=O) groups is 1. The molecule has 0 aliphatic carbocycles. The van der Waals surface area contributed by atoms with E-state index in [0.717, 1.165) is 11.1 Å². The molecule has 0 spiro atoms. The second kappa shape index (κ2) is 9.17. The molecule has 1 aliphatic heterocycles. The van der Waals surface area contributed by atoms with Gasteiger partial charge in [0.05, 0.1) is 4.90 Å². The molecule has 2 rings (SSSR count). The largest absolute Gasteiger partial charge is 0.342 e. The summed E-state index contributed by atoms with van der Waals surface area (Å²) < 4.78 is 27.2. The average molecular weight is 404 g/mol. The van der Waals surface area contributed by atoms with Crippen LogP contribution in [-0.2, 0) is 14.8 Å². The van der Waals surface area contributed by atoms with Gasteiger partial charge >= 0.3 is 0 Å². The minimum atomic E-state index is -3.50. The van der Waals surface area contributed by atoms with Crippen molar-refractivity contribution >= 4 is 28.3 Å². The Morgan fingerprint density at radius 3 is 2.35 bits per heavy atom. The molecule has 1 atom stereocenters. The first-order valence-corrected chi connectivity index (χ1v) is 10.2. The van der Waals surface area contributed by atoms with Crippen molar-refractivity contribution in [3.8, 4) is 0 Å². The number of nitrogens with zero attached hydrogens (tertiary/aromatic N) is 2. The van der Waals surface area contributed by atoms with Crippen LogP contribution in [0.4, 0.5) is 0 Å². The third-order valence-corrected chi connectivity index (χ3v) is 7.16. The molecule has 1 amide bonds. The Morgan fingerprint density at radius 1 is 1.27 bits per heavy atom. The predicted octanol–water partition coefficient (Wildman–Crippen LogP) is 1.93. The van der Waals surface area contributed by atoms with E-state index in [4.69, 9.17) is 5.73 Å². The normalized spacial score (nSPS) is 17.4. The maximum absolute atomic E-state index is 12.8. The first-order chi connectivity index (χ1) is 11.7. The molecule has 1 aromatic rings. The maximum atomic E-state index is 12.8. The SMILES string of the molecule is Cc1ccc(S(=O)(=O)N2CCC(C(=O)N(C)C(C)CN)CC2)cc1C.Cl. The third kappa shape index (κ3) is 4.76. The molecule has 0 bridgehead atoms. The van der Waals surface area contributed by atoms with Crippen LogP contribution in [0.3, 0.4) is 0 Å². The van der Waals surface area contributed by atoms with Gasteiger partial charge in [-0.2, -0.15) is 4.31 Å². The minimum Gasteiger partial charge on any atom is -0.342 e. The van der Waals surface area contributed by atoms with Gasteiger partial charge in [0, 0.05) is 38.6 Å². The summed E-state index contributed by atoms with van der Waals surface area (Å²) in [6.07, 6.45) is 1.09. The van der Waals surface area contributed by atoms with E-state index in [1.807, 2.05) is 26.8 Å². The smallest absolute Gasteiger partial charge is 0.243 e. The van der Waals surface area contributed by atoms with Gasteiger partial charge in [0.25, 0.3) is 0 Å². The van der Waals surface area contributed by atoms with Crippen LogP contribution >= 0.6 is 12.4 Å². The number of hydrogen-bond donors (Lipinski definition) is 1. The Hall–Kier alpha value is -1.15. The predicted molar refractivity (Wildman–Crippen MR) is 106 cm³/mol. The van der Waals surface area contributed by atoms with Crippen LogP contribution < -0.4 is 5.73 Å². The summed E-state index contributed by atoms with van der Waals surface area (Å²) in [5.41, 5.74) is 7.66. The number of piperidine rings is 1. The van der Waals surface area contributed by atoms with E-state index >= 15 is 0 Å². The summed E-state index contributed by atoms with van der Waals surface area (Å²) >= 11 is 0. The van der Waals surface area contributed by atoms with Crippen molar-refractivity contribution in [2.75, 3.05) is 26.7 Å². The second-order valence-corrected chi connectivity index (χ2v) is 8.90. The molecule has 0 saturated carbocycles. The summed E-state index contributed by atoms with van der Waals surface area (Å²) in [5, 5.41) is 0. The summed E-state index contributed by atoms with van der Waals surface area (Å²) in [4.78, 5) is 14.5. The van der Waals surface area contributed by atoms with Crippen LogP contribution in [0.25, 0.3) is 0 Å². The highest BCUT2D eigenvalue weighted by molar-refractivity contribution is 7.89. The lowest BCUT2D eigenvalue weighted by molar-refractivity contribution is -0.137. The Balaban J connectivity index is 0.00000338. The molecule has 6 nitrogen and oxygen atoms in total. The molecule has 0 aromatic heterocycles. The van der Waals surface area contributed by atoms with Crippen molar-refractivity contribution in [1.82, 2.24) is 9.21 Å². The number of halogens is 1. The zero-order valence-electron chi connectivity index (χ0n) is 15.9. The molecule has 1 heterocycles. The van der Waals surface area contributed by atoms with E-state index in [0.29, 0.717) is 37.4 Å². The van der Waals surface area contributed by atoms with Crippen LogP contribution in [0, 0.1) is 19.8 Å². The van der Waals surface area contributed by atoms with Crippen molar-refractivity contribution in [3.63, 3.8) is 0 Å². The topological polar surface area (TPSA) is 83.7 Å². The number of amides is 1. The molecule has 1 aliphatic rings. The molecule has 1 unspecified atom stereocenters. The molecule has 8 heteroatoms. The number of carbonyl (C=O) groups excluding carboxylic acids is 1. The molecule has 0 radical (unpaired) electrons. The first kappa shape index (κ1) is 22.9. The van der Waals surface area contributed by atoms with Gasteiger partial charge in [-0.05, 0) is 56.9 Å². The van der Waals surface area contributed by atoms with Crippen molar-refractivity contribution in [1.29, 1.82) is 0 Å². The summed E-state index contributed by atoms with van der Waals surface area (Å²) in [6.45, 7) is 6.95. The fraction of sp³-hybridized carbons (Fsp3) is 0.611. The number of benzene rings is 1. The number of rotatable bonds is 5. The average Bonchev–Trinajstić information content (AvgIpc) is 2.62. The van der Waals surface area contributed by atoms with E-state index in [1.54, 1.807) is 24.1 Å². The van der Waals surface area contributed by atoms with Gasteiger partial charge in [-0.1, -0.05) is 6.07 Å². The molecule has 26 heavy (non-hydrogen) atoms. The molecule has 148 valence electrons. The molecule has 1 aromatic carbocycles. The van der Waals surface area contributed by atoms with Gasteiger partial charge in [-0.25, -0.2) is 8.42 Å². The summed E-state index contributed by atoms with van der Waals surface area (Å²) in [7, 11) is -1.74. The number of aryl methyl sites for hydroxylation is 2. The van der Waals surface area contributed by atoms with Crippen LogP contribution in [0.2, 0.25) is 0 Å². The lowest BCUT2D eigenvalue weighted by atomic mass is 9.96. The minimum absolute atomic E-state index is 0. The maximum Gasteiger partial charge on any atom is 0.243 e. The lowest BCUT2D eigenvalue weighted by Crippen LogP contribution is -2.47. The van der Waals surface area contributed by atoms with Crippen LogP contribution in [0.5, 0.6) is 0 Å². The van der Waals surface area contributed by atoms with Gasteiger partial charge < -0.3 is 10.6 Å². The van der Waals surface area contributed by atoms with Crippen molar-refractivity contribution in [3.05, 3.63) is 29.3 Å². The number of hydrogen-bond acceptors (Lipinski definition) is 4. The van der Waals surface area contributed by atoms with E-state index in [2.05, 4.69) is 0 Å².